The van der Waals surface area contributed by atoms with Gasteiger partial charge in [0.25, 0.3) is 0 Å². The average Bonchev–Trinajstić information content (AvgIpc) is 2.36. The van der Waals surface area contributed by atoms with Gasteiger partial charge in [-0.05, 0) is 25.5 Å². The van der Waals surface area contributed by atoms with Crippen LogP contribution in [0.2, 0.25) is 5.02 Å². The lowest BCUT2D eigenvalue weighted by Crippen LogP contribution is -2.43. The van der Waals surface area contributed by atoms with E-state index in [0.29, 0.717) is 11.6 Å². The second-order valence-electron chi connectivity index (χ2n) is 4.55. The van der Waals surface area contributed by atoms with Crippen LogP contribution >= 0.6 is 23.2 Å². The predicted molar refractivity (Wildman–Crippen MR) is 73.7 cm³/mol. The number of hydrogen-bond acceptors (Lipinski definition) is 2. The molecule has 18 heavy (non-hydrogen) atoms. The second kappa shape index (κ2) is 6.41. The minimum Gasteiger partial charge on any atom is -0.365 e. The Morgan fingerprint density at radius 2 is 2.06 bits per heavy atom. The van der Waals surface area contributed by atoms with Gasteiger partial charge >= 0.3 is 0 Å². The second-order valence-corrected chi connectivity index (χ2v) is 5.35. The molecule has 1 amide bonds. The number of nitrogens with one attached hydrogen (secondary N) is 1. The molecule has 0 aromatic heterocycles. The molecule has 5 heteroatoms. The summed E-state index contributed by atoms with van der Waals surface area (Å²) >= 11 is 12.0. The van der Waals surface area contributed by atoms with Crippen molar-refractivity contribution in [3.8, 4) is 0 Å². The first kappa shape index (κ1) is 15.3. The maximum atomic E-state index is 12.0. The fourth-order valence-electron chi connectivity index (χ4n) is 1.44. The van der Waals surface area contributed by atoms with Crippen LogP contribution in [0.5, 0.6) is 0 Å². The Bertz CT molecular complexity index is 421. The van der Waals surface area contributed by atoms with Gasteiger partial charge in [-0.2, -0.15) is 0 Å². The third kappa shape index (κ3) is 3.61. The zero-order chi connectivity index (χ0) is 13.8. The van der Waals surface area contributed by atoms with Gasteiger partial charge in [0.1, 0.15) is 5.56 Å². The monoisotopic (exact) mass is 289 g/mol. The number of carbonyl (C=O) groups is 1. The molecule has 1 N–H and O–H groups in total. The highest BCUT2D eigenvalue weighted by Crippen LogP contribution is 2.26. The lowest BCUT2D eigenvalue weighted by atomic mass is 9.93. The Balaban J connectivity index is 2.64. The van der Waals surface area contributed by atoms with Crippen molar-refractivity contribution < 1.29 is 9.53 Å². The highest BCUT2D eigenvalue weighted by molar-refractivity contribution is 6.31. The topological polar surface area (TPSA) is 38.3 Å². The minimum atomic E-state index is -0.808. The normalized spacial score (nSPS) is 13.2. The number of benzene rings is 1. The zero-order valence-corrected chi connectivity index (χ0v) is 12.2. The Hall–Kier alpha value is -0.770. The number of ether oxygens (including phenoxy) is 1. The average molecular weight is 290 g/mol. The Morgan fingerprint density at radius 3 is 2.61 bits per heavy atom. The van der Waals surface area contributed by atoms with E-state index in [1.54, 1.807) is 19.9 Å². The molecule has 0 aliphatic heterocycles. The lowest BCUT2D eigenvalue weighted by Gasteiger charge is -2.27. The van der Waals surface area contributed by atoms with Crippen molar-refractivity contribution in [2.45, 2.75) is 26.0 Å². The zero-order valence-electron chi connectivity index (χ0n) is 10.7. The predicted octanol–water partition coefficient (Wildman–Crippen LogP) is 3.19. The molecule has 0 bridgehead atoms. The molecule has 1 atom stereocenters. The molecule has 0 fully saturated rings. The van der Waals surface area contributed by atoms with Gasteiger partial charge in [0.2, 0.25) is 5.91 Å². The van der Waals surface area contributed by atoms with Gasteiger partial charge in [-0.25, -0.2) is 0 Å². The summed E-state index contributed by atoms with van der Waals surface area (Å²) in [6.45, 7) is 3.83. The quantitative estimate of drug-likeness (QED) is 0.846. The molecular weight excluding hydrogens is 273 g/mol. The first-order valence-corrected chi connectivity index (χ1v) is 6.39. The maximum Gasteiger partial charge on any atom is 0.229 e. The fraction of sp³-hybridized carbons (Fsp3) is 0.462. The first-order valence-electron chi connectivity index (χ1n) is 5.58. The number of rotatable bonds is 5. The van der Waals surface area contributed by atoms with Crippen LogP contribution in [-0.4, -0.2) is 18.6 Å². The summed E-state index contributed by atoms with van der Waals surface area (Å²) in [6.07, 6.45) is 0. The van der Waals surface area contributed by atoms with Crippen molar-refractivity contribution in [3.05, 3.63) is 34.9 Å². The molecule has 0 aliphatic rings. The van der Waals surface area contributed by atoms with Crippen LogP contribution in [0.1, 0.15) is 19.4 Å². The largest absolute Gasteiger partial charge is 0.365 e. The number of carbonyl (C=O) groups excluding carboxylic acids is 1. The first-order chi connectivity index (χ1) is 8.39. The highest BCUT2D eigenvalue weighted by atomic mass is 35.5. The molecule has 1 aromatic rings. The van der Waals surface area contributed by atoms with Gasteiger partial charge in [0, 0.05) is 18.7 Å². The third-order valence-electron chi connectivity index (χ3n) is 2.76. The van der Waals surface area contributed by atoms with Crippen LogP contribution in [0.4, 0.5) is 0 Å². The van der Waals surface area contributed by atoms with Gasteiger partial charge in [0.15, 0.2) is 0 Å². The maximum absolute atomic E-state index is 12.0. The van der Waals surface area contributed by atoms with Crippen LogP contribution in [0.25, 0.3) is 0 Å². The van der Waals surface area contributed by atoms with Crippen LogP contribution < -0.4 is 5.32 Å². The molecule has 0 saturated carbocycles. The molecule has 100 valence electrons. The summed E-state index contributed by atoms with van der Waals surface area (Å²) in [5.41, 5.74) is -0.618. The summed E-state index contributed by atoms with van der Waals surface area (Å²) in [4.78, 5) is 12.0. The van der Waals surface area contributed by atoms with E-state index in [9.17, 15) is 4.79 Å². The molecule has 0 heterocycles. The third-order valence-corrected chi connectivity index (χ3v) is 3.85. The molecule has 1 unspecified atom stereocenters. The van der Waals surface area contributed by atoms with E-state index in [1.165, 1.54) is 7.11 Å². The molecule has 0 aliphatic carbocycles. The van der Waals surface area contributed by atoms with Crippen molar-refractivity contribution in [2.75, 3.05) is 7.11 Å². The Kier molecular flexibility index (Phi) is 5.45. The number of methoxy groups -OCH3 is 1. The van der Waals surface area contributed by atoms with E-state index in [0.717, 1.165) is 5.56 Å². The lowest BCUT2D eigenvalue weighted by molar-refractivity contribution is -0.133. The smallest absolute Gasteiger partial charge is 0.229 e. The van der Waals surface area contributed by atoms with Gasteiger partial charge < -0.3 is 10.1 Å². The van der Waals surface area contributed by atoms with Gasteiger partial charge in [-0.15, -0.1) is 0 Å². The van der Waals surface area contributed by atoms with Crippen LogP contribution in [0.15, 0.2) is 24.3 Å². The number of alkyl halides is 1. The van der Waals surface area contributed by atoms with E-state index in [4.69, 9.17) is 27.9 Å². The number of hydrogen-bond donors (Lipinski definition) is 1. The molecular formula is C13H17Cl2NO2. The van der Waals surface area contributed by atoms with Crippen molar-refractivity contribution >= 4 is 29.1 Å². The summed E-state index contributed by atoms with van der Waals surface area (Å²) in [6, 6.07) is 7.37. The van der Waals surface area contributed by atoms with E-state index >= 15 is 0 Å². The van der Waals surface area contributed by atoms with Crippen molar-refractivity contribution in [3.63, 3.8) is 0 Å². The highest BCUT2D eigenvalue weighted by Gasteiger charge is 2.35. The molecule has 1 aromatic carbocycles. The van der Waals surface area contributed by atoms with E-state index < -0.39 is 11.0 Å². The van der Waals surface area contributed by atoms with Gasteiger partial charge in [-0.3, -0.25) is 4.79 Å². The van der Waals surface area contributed by atoms with Crippen LogP contribution in [0.3, 0.4) is 0 Å². The van der Waals surface area contributed by atoms with E-state index in [-0.39, 0.29) is 5.91 Å². The van der Waals surface area contributed by atoms with Crippen LogP contribution in [0, 0.1) is 5.41 Å². The SMILES string of the molecule is COC(Cl)C(C)(C)C(=O)NCc1ccccc1Cl. The molecule has 0 radical (unpaired) electrons. The van der Waals surface area contributed by atoms with Crippen molar-refractivity contribution in [2.24, 2.45) is 5.41 Å². The number of amides is 1. The van der Waals surface area contributed by atoms with Crippen LogP contribution in [-0.2, 0) is 16.1 Å². The van der Waals surface area contributed by atoms with Gasteiger partial charge in [0.05, 0.1) is 5.41 Å². The number of halogens is 2. The molecule has 1 rings (SSSR count). The Labute approximate surface area is 117 Å². The molecule has 0 saturated heterocycles. The summed E-state index contributed by atoms with van der Waals surface area (Å²) in [5, 5.41) is 3.44. The fourth-order valence-corrected chi connectivity index (χ4v) is 1.74. The summed E-state index contributed by atoms with van der Waals surface area (Å²) in [5.74, 6) is -0.177. The summed E-state index contributed by atoms with van der Waals surface area (Å²) in [7, 11) is 1.47. The molecule has 3 nitrogen and oxygen atoms in total. The standard InChI is InChI=1S/C13H17Cl2NO2/c1-13(2,11(15)18-3)12(17)16-8-9-6-4-5-7-10(9)14/h4-7,11H,8H2,1-3H3,(H,16,17). The van der Waals surface area contributed by atoms with Crippen molar-refractivity contribution in [1.82, 2.24) is 5.32 Å². The van der Waals surface area contributed by atoms with Crippen molar-refractivity contribution in [1.29, 1.82) is 0 Å². The van der Waals surface area contributed by atoms with Gasteiger partial charge in [-0.1, -0.05) is 41.4 Å². The molecule has 0 spiro atoms. The minimum absolute atomic E-state index is 0.177. The van der Waals surface area contributed by atoms with E-state index in [2.05, 4.69) is 5.32 Å². The van der Waals surface area contributed by atoms with E-state index in [1.807, 2.05) is 18.2 Å². The Morgan fingerprint density at radius 1 is 1.44 bits per heavy atom. The summed E-state index contributed by atoms with van der Waals surface area (Å²) < 4.78 is 4.99.